The predicted molar refractivity (Wildman–Crippen MR) is 144 cm³/mol. The van der Waals surface area contributed by atoms with Crippen molar-refractivity contribution in [3.63, 3.8) is 0 Å². The van der Waals surface area contributed by atoms with Crippen molar-refractivity contribution >= 4 is 5.91 Å². The summed E-state index contributed by atoms with van der Waals surface area (Å²) in [6.07, 6.45) is 23.4. The fourth-order valence-electron chi connectivity index (χ4n) is 7.43. The molecule has 0 heterocycles. The second-order valence-corrected chi connectivity index (χ2v) is 11.8. The molecule has 1 aromatic carbocycles. The van der Waals surface area contributed by atoms with Crippen LogP contribution in [-0.2, 0) is 4.79 Å². The number of carbonyl (C=O) groups is 1. The molecule has 1 aromatic rings. The van der Waals surface area contributed by atoms with Crippen molar-refractivity contribution in [3.05, 3.63) is 48.0 Å². The lowest BCUT2D eigenvalue weighted by Crippen LogP contribution is -2.36. The molecule has 3 saturated carbocycles. The third-order valence-electron chi connectivity index (χ3n) is 9.68. The first-order valence-electron chi connectivity index (χ1n) is 14.7. The van der Waals surface area contributed by atoms with Crippen LogP contribution in [0.15, 0.2) is 36.9 Å². The van der Waals surface area contributed by atoms with Gasteiger partial charge in [-0.2, -0.15) is 0 Å². The molecule has 0 saturated heterocycles. The average Bonchev–Trinajstić information content (AvgIpc) is 2.90. The predicted octanol–water partition coefficient (Wildman–Crippen LogP) is 8.68. The molecule has 1 amide bonds. The average molecular weight is 464 g/mol. The molecular formula is C32H49NO. The smallest absolute Gasteiger partial charge is 0.243 e. The Morgan fingerprint density at radius 3 is 1.79 bits per heavy atom. The summed E-state index contributed by atoms with van der Waals surface area (Å²) in [7, 11) is 0. The molecule has 0 aliphatic heterocycles. The zero-order valence-electron chi connectivity index (χ0n) is 21.8. The van der Waals surface area contributed by atoms with E-state index >= 15 is 0 Å². The molecule has 0 aromatic heterocycles. The Labute approximate surface area is 209 Å². The number of nitrogens with one attached hydrogen (secondary N) is 1. The van der Waals surface area contributed by atoms with E-state index in [1.807, 2.05) is 0 Å². The summed E-state index contributed by atoms with van der Waals surface area (Å²) in [5, 5.41) is 3.07. The van der Waals surface area contributed by atoms with Crippen LogP contribution in [0.25, 0.3) is 0 Å². The Kier molecular flexibility index (Phi) is 9.71. The minimum absolute atomic E-state index is 0.0300. The third-order valence-corrected chi connectivity index (χ3v) is 9.68. The van der Waals surface area contributed by atoms with Crippen molar-refractivity contribution in [2.45, 2.75) is 128 Å². The van der Waals surface area contributed by atoms with Crippen molar-refractivity contribution in [1.29, 1.82) is 0 Å². The Morgan fingerprint density at radius 2 is 1.29 bits per heavy atom. The molecule has 3 fully saturated rings. The molecule has 2 nitrogen and oxygen atoms in total. The van der Waals surface area contributed by atoms with E-state index in [1.165, 1.54) is 102 Å². The molecule has 0 atom stereocenters. The van der Waals surface area contributed by atoms with E-state index in [9.17, 15) is 4.79 Å². The normalized spacial score (nSPS) is 32.1. The number of unbranched alkanes of at least 4 members (excludes halogenated alkanes) is 2. The second-order valence-electron chi connectivity index (χ2n) is 11.8. The molecule has 1 N–H and O–H groups in total. The van der Waals surface area contributed by atoms with Gasteiger partial charge in [-0.3, -0.25) is 4.79 Å². The van der Waals surface area contributed by atoms with Crippen LogP contribution in [0.4, 0.5) is 0 Å². The van der Waals surface area contributed by atoms with E-state index in [0.717, 1.165) is 36.5 Å². The van der Waals surface area contributed by atoms with Gasteiger partial charge in [-0.25, -0.2) is 0 Å². The highest BCUT2D eigenvalue weighted by molar-refractivity contribution is 5.87. The van der Waals surface area contributed by atoms with Gasteiger partial charge in [0.25, 0.3) is 0 Å². The zero-order valence-corrected chi connectivity index (χ0v) is 21.8. The quantitative estimate of drug-likeness (QED) is 0.288. The molecule has 0 spiro atoms. The molecule has 34 heavy (non-hydrogen) atoms. The van der Waals surface area contributed by atoms with E-state index in [1.54, 1.807) is 5.56 Å². The first-order chi connectivity index (χ1) is 16.7. The maximum absolute atomic E-state index is 11.6. The van der Waals surface area contributed by atoms with E-state index in [-0.39, 0.29) is 5.91 Å². The van der Waals surface area contributed by atoms with Crippen molar-refractivity contribution in [2.75, 3.05) is 0 Å². The number of hydrogen-bond acceptors (Lipinski definition) is 1. The molecule has 0 bridgehead atoms. The third kappa shape index (κ3) is 6.98. The van der Waals surface area contributed by atoms with E-state index in [0.29, 0.717) is 12.0 Å². The summed E-state index contributed by atoms with van der Waals surface area (Å²) in [5.41, 5.74) is 3.08. The summed E-state index contributed by atoms with van der Waals surface area (Å²) < 4.78 is 0. The number of amides is 1. The van der Waals surface area contributed by atoms with Gasteiger partial charge in [-0.15, -0.1) is 0 Å². The van der Waals surface area contributed by atoms with Crippen LogP contribution in [0.3, 0.4) is 0 Å². The van der Waals surface area contributed by atoms with Crippen LogP contribution in [0.5, 0.6) is 0 Å². The van der Waals surface area contributed by atoms with Crippen LogP contribution in [0, 0.1) is 17.8 Å². The van der Waals surface area contributed by atoms with Crippen molar-refractivity contribution in [3.8, 4) is 0 Å². The largest absolute Gasteiger partial charge is 0.350 e. The summed E-state index contributed by atoms with van der Waals surface area (Å²) in [6.45, 7) is 5.89. The van der Waals surface area contributed by atoms with E-state index in [4.69, 9.17) is 0 Å². The summed E-state index contributed by atoms with van der Waals surface area (Å²) in [5.74, 6) is 4.47. The van der Waals surface area contributed by atoms with Crippen LogP contribution in [0.1, 0.15) is 133 Å². The highest BCUT2D eigenvalue weighted by Crippen LogP contribution is 2.45. The minimum Gasteiger partial charge on any atom is -0.350 e. The van der Waals surface area contributed by atoms with Crippen LogP contribution >= 0.6 is 0 Å². The topological polar surface area (TPSA) is 29.1 Å². The standard InChI is InChI=1S/C32H49NO/c1-3-5-6-7-24-8-10-25(11-9-24)26-12-14-27(15-13-26)28-16-18-29(19-17-28)30-20-22-31(23-21-30)33-32(34)4-2/h4,16-19,24-27,30-31H,2-3,5-15,20-23H2,1H3,(H,33,34). The lowest BCUT2D eigenvalue weighted by molar-refractivity contribution is -0.117. The highest BCUT2D eigenvalue weighted by Gasteiger charge is 2.31. The number of benzene rings is 1. The van der Waals surface area contributed by atoms with Gasteiger partial charge in [0.05, 0.1) is 0 Å². The van der Waals surface area contributed by atoms with Gasteiger partial charge in [0, 0.05) is 6.04 Å². The van der Waals surface area contributed by atoms with Gasteiger partial charge in [0.1, 0.15) is 0 Å². The Bertz CT molecular complexity index is 744. The first kappa shape index (κ1) is 25.5. The van der Waals surface area contributed by atoms with Gasteiger partial charge >= 0.3 is 0 Å². The van der Waals surface area contributed by atoms with Gasteiger partial charge < -0.3 is 5.32 Å². The fourth-order valence-corrected chi connectivity index (χ4v) is 7.43. The number of rotatable bonds is 9. The van der Waals surface area contributed by atoms with Crippen molar-refractivity contribution in [2.24, 2.45) is 17.8 Å². The van der Waals surface area contributed by atoms with Gasteiger partial charge in [-0.1, -0.05) is 76.3 Å². The molecule has 3 aliphatic rings. The van der Waals surface area contributed by atoms with E-state index < -0.39 is 0 Å². The Morgan fingerprint density at radius 1 is 0.794 bits per heavy atom. The van der Waals surface area contributed by atoms with Crippen molar-refractivity contribution in [1.82, 2.24) is 5.32 Å². The first-order valence-corrected chi connectivity index (χ1v) is 14.7. The van der Waals surface area contributed by atoms with Gasteiger partial charge in [0.2, 0.25) is 5.91 Å². The molecular weight excluding hydrogens is 414 g/mol. The molecule has 4 rings (SSSR count). The van der Waals surface area contributed by atoms with Gasteiger partial charge in [0.15, 0.2) is 0 Å². The summed E-state index contributed by atoms with van der Waals surface area (Å²) in [4.78, 5) is 11.6. The fraction of sp³-hybridized carbons (Fsp3) is 0.719. The van der Waals surface area contributed by atoms with Crippen molar-refractivity contribution < 1.29 is 4.79 Å². The molecule has 3 aliphatic carbocycles. The monoisotopic (exact) mass is 463 g/mol. The highest BCUT2D eigenvalue weighted by atomic mass is 16.1. The summed E-state index contributed by atoms with van der Waals surface area (Å²) in [6, 6.07) is 10.0. The Balaban J connectivity index is 1.18. The van der Waals surface area contributed by atoms with Crippen LogP contribution < -0.4 is 5.32 Å². The molecule has 0 radical (unpaired) electrons. The number of hydrogen-bond donors (Lipinski definition) is 1. The molecule has 188 valence electrons. The maximum atomic E-state index is 11.6. The number of carbonyl (C=O) groups excluding carboxylic acids is 1. The zero-order chi connectivity index (χ0) is 23.8. The van der Waals surface area contributed by atoms with Gasteiger partial charge in [-0.05, 0) is 111 Å². The molecule has 2 heteroatoms. The lowest BCUT2D eigenvalue weighted by Gasteiger charge is -2.38. The maximum Gasteiger partial charge on any atom is 0.243 e. The minimum atomic E-state index is -0.0300. The lowest BCUT2D eigenvalue weighted by atomic mass is 9.68. The molecule has 0 unspecified atom stereocenters. The van der Waals surface area contributed by atoms with Crippen LogP contribution in [0.2, 0.25) is 0 Å². The Hall–Kier alpha value is -1.57. The SMILES string of the molecule is C=CC(=O)NC1CCC(c2ccc(C3CCC(C4CCC(CCCCC)CC4)CC3)cc2)CC1. The van der Waals surface area contributed by atoms with Crippen LogP contribution in [-0.4, -0.2) is 11.9 Å². The van der Waals surface area contributed by atoms with E-state index in [2.05, 4.69) is 43.1 Å². The summed E-state index contributed by atoms with van der Waals surface area (Å²) >= 11 is 0. The second kappa shape index (κ2) is 12.9.